The number of fused-ring (bicyclic) bond motifs is 1. The lowest BCUT2D eigenvalue weighted by Crippen LogP contribution is -2.02. The molecule has 0 saturated heterocycles. The van der Waals surface area contributed by atoms with Crippen LogP contribution in [0, 0.1) is 11.3 Å². The van der Waals surface area contributed by atoms with E-state index < -0.39 is 0 Å². The first-order valence-electron chi connectivity index (χ1n) is 5.98. The van der Waals surface area contributed by atoms with Gasteiger partial charge in [-0.25, -0.2) is 0 Å². The predicted molar refractivity (Wildman–Crippen MR) is 74.4 cm³/mol. The number of nitrogen functional groups attached to an aromatic ring is 1. The molecule has 0 bridgehead atoms. The highest BCUT2D eigenvalue weighted by molar-refractivity contribution is 5.89. The number of hydrogen-bond donors (Lipinski definition) is 1. The highest BCUT2D eigenvalue weighted by atomic mass is 15.3. The first kappa shape index (κ1) is 11.3. The molecule has 2 aromatic carbocycles. The van der Waals surface area contributed by atoms with Crippen LogP contribution in [0.1, 0.15) is 11.1 Å². The van der Waals surface area contributed by atoms with Crippen LogP contribution in [-0.2, 0) is 6.54 Å². The van der Waals surface area contributed by atoms with Crippen molar-refractivity contribution >= 4 is 16.7 Å². The predicted octanol–water partition coefficient (Wildman–Crippen LogP) is 2.54. The van der Waals surface area contributed by atoms with Gasteiger partial charge in [0.05, 0.1) is 23.7 Å². The van der Waals surface area contributed by atoms with E-state index in [0.717, 1.165) is 16.5 Å². The number of rotatable bonds is 2. The molecule has 0 fully saturated rings. The Labute approximate surface area is 110 Å². The normalized spacial score (nSPS) is 10.5. The SMILES string of the molecule is N#Cc1cccc(Cn2nc(N)c3ccccc32)c1. The molecule has 0 atom stereocenters. The van der Waals surface area contributed by atoms with Crippen molar-refractivity contribution in [2.24, 2.45) is 0 Å². The third-order valence-corrected chi connectivity index (χ3v) is 3.07. The van der Waals surface area contributed by atoms with Crippen LogP contribution in [0.4, 0.5) is 5.82 Å². The summed E-state index contributed by atoms with van der Waals surface area (Å²) < 4.78 is 1.86. The highest BCUT2D eigenvalue weighted by Crippen LogP contribution is 2.20. The van der Waals surface area contributed by atoms with Crippen LogP contribution in [0.2, 0.25) is 0 Å². The first-order chi connectivity index (χ1) is 9.28. The van der Waals surface area contributed by atoms with Crippen LogP contribution >= 0.6 is 0 Å². The highest BCUT2D eigenvalue weighted by Gasteiger charge is 2.07. The zero-order valence-electron chi connectivity index (χ0n) is 10.2. The summed E-state index contributed by atoms with van der Waals surface area (Å²) in [6.07, 6.45) is 0. The molecule has 92 valence electrons. The fourth-order valence-corrected chi connectivity index (χ4v) is 2.19. The summed E-state index contributed by atoms with van der Waals surface area (Å²) in [7, 11) is 0. The van der Waals surface area contributed by atoms with Crippen LogP contribution in [0.3, 0.4) is 0 Å². The summed E-state index contributed by atoms with van der Waals surface area (Å²) in [6, 6.07) is 17.5. The molecule has 0 aliphatic carbocycles. The maximum atomic E-state index is 8.91. The lowest BCUT2D eigenvalue weighted by Gasteiger charge is -2.04. The van der Waals surface area contributed by atoms with Crippen molar-refractivity contribution in [1.82, 2.24) is 9.78 Å². The van der Waals surface area contributed by atoms with E-state index in [0.29, 0.717) is 17.9 Å². The van der Waals surface area contributed by atoms with E-state index in [4.69, 9.17) is 11.0 Å². The molecule has 4 nitrogen and oxygen atoms in total. The van der Waals surface area contributed by atoms with Gasteiger partial charge in [-0.1, -0.05) is 24.3 Å². The van der Waals surface area contributed by atoms with E-state index in [-0.39, 0.29) is 0 Å². The topological polar surface area (TPSA) is 67.6 Å². The van der Waals surface area contributed by atoms with E-state index in [1.165, 1.54) is 0 Å². The molecular weight excluding hydrogens is 236 g/mol. The Morgan fingerprint density at radius 3 is 2.84 bits per heavy atom. The Hall–Kier alpha value is -2.80. The molecule has 0 spiro atoms. The van der Waals surface area contributed by atoms with Crippen molar-refractivity contribution in [2.45, 2.75) is 6.54 Å². The molecule has 0 radical (unpaired) electrons. The van der Waals surface area contributed by atoms with E-state index in [9.17, 15) is 0 Å². The zero-order valence-corrected chi connectivity index (χ0v) is 10.2. The monoisotopic (exact) mass is 248 g/mol. The molecule has 19 heavy (non-hydrogen) atoms. The van der Waals surface area contributed by atoms with Gasteiger partial charge in [-0.2, -0.15) is 10.4 Å². The standard InChI is InChI=1S/C15H12N4/c16-9-11-4-3-5-12(8-11)10-19-14-7-2-1-6-13(14)15(17)18-19/h1-8H,10H2,(H2,17,18). The van der Waals surface area contributed by atoms with Crippen molar-refractivity contribution in [3.05, 3.63) is 59.7 Å². The maximum Gasteiger partial charge on any atom is 0.153 e. The second kappa shape index (κ2) is 4.46. The Morgan fingerprint density at radius 2 is 2.00 bits per heavy atom. The Morgan fingerprint density at radius 1 is 1.16 bits per heavy atom. The van der Waals surface area contributed by atoms with Crippen LogP contribution in [0.25, 0.3) is 10.9 Å². The number of nitriles is 1. The largest absolute Gasteiger partial charge is 0.382 e. The average Bonchev–Trinajstić information content (AvgIpc) is 2.76. The van der Waals surface area contributed by atoms with Gasteiger partial charge in [0.2, 0.25) is 0 Å². The first-order valence-corrected chi connectivity index (χ1v) is 5.98. The summed E-state index contributed by atoms with van der Waals surface area (Å²) in [5, 5.41) is 14.2. The molecule has 4 heteroatoms. The Balaban J connectivity index is 2.04. The smallest absolute Gasteiger partial charge is 0.153 e. The van der Waals surface area contributed by atoms with Gasteiger partial charge in [-0.15, -0.1) is 0 Å². The molecule has 3 aromatic rings. The number of benzene rings is 2. The Kier molecular flexibility index (Phi) is 2.66. The van der Waals surface area contributed by atoms with E-state index >= 15 is 0 Å². The minimum absolute atomic E-state index is 0.534. The second-order valence-electron chi connectivity index (χ2n) is 4.37. The number of anilines is 1. The van der Waals surface area contributed by atoms with Crippen molar-refractivity contribution in [3.63, 3.8) is 0 Å². The van der Waals surface area contributed by atoms with Crippen molar-refractivity contribution in [3.8, 4) is 6.07 Å². The van der Waals surface area contributed by atoms with Gasteiger partial charge in [0.1, 0.15) is 0 Å². The molecule has 2 N–H and O–H groups in total. The average molecular weight is 248 g/mol. The fraction of sp³-hybridized carbons (Fsp3) is 0.0667. The molecule has 3 rings (SSSR count). The summed E-state index contributed by atoms with van der Waals surface area (Å²) in [5.41, 5.74) is 8.59. The van der Waals surface area contributed by atoms with E-state index in [2.05, 4.69) is 11.2 Å². The van der Waals surface area contributed by atoms with Gasteiger partial charge < -0.3 is 5.73 Å². The number of nitrogens with two attached hydrogens (primary N) is 1. The van der Waals surface area contributed by atoms with Crippen molar-refractivity contribution < 1.29 is 0 Å². The molecule has 0 amide bonds. The minimum atomic E-state index is 0.534. The van der Waals surface area contributed by atoms with Gasteiger partial charge in [0, 0.05) is 5.39 Å². The maximum absolute atomic E-state index is 8.91. The molecular formula is C15H12N4. The molecule has 0 aliphatic heterocycles. The molecule has 0 unspecified atom stereocenters. The zero-order chi connectivity index (χ0) is 13.2. The van der Waals surface area contributed by atoms with Gasteiger partial charge in [0.25, 0.3) is 0 Å². The van der Waals surface area contributed by atoms with Crippen LogP contribution in [-0.4, -0.2) is 9.78 Å². The number of nitrogens with zero attached hydrogens (tertiary/aromatic N) is 3. The number of aromatic nitrogens is 2. The van der Waals surface area contributed by atoms with Crippen LogP contribution < -0.4 is 5.73 Å². The van der Waals surface area contributed by atoms with Gasteiger partial charge in [-0.3, -0.25) is 4.68 Å². The Bertz CT molecular complexity index is 780. The van der Waals surface area contributed by atoms with Crippen molar-refractivity contribution in [2.75, 3.05) is 5.73 Å². The van der Waals surface area contributed by atoms with Crippen LogP contribution in [0.5, 0.6) is 0 Å². The summed E-state index contributed by atoms with van der Waals surface area (Å²) >= 11 is 0. The van der Waals surface area contributed by atoms with Gasteiger partial charge >= 0.3 is 0 Å². The molecule has 1 heterocycles. The number of hydrogen-bond acceptors (Lipinski definition) is 3. The van der Waals surface area contributed by atoms with E-state index in [1.807, 2.05) is 47.1 Å². The number of para-hydroxylation sites is 1. The third kappa shape index (κ3) is 2.02. The van der Waals surface area contributed by atoms with Crippen LogP contribution in [0.15, 0.2) is 48.5 Å². The quantitative estimate of drug-likeness (QED) is 0.757. The van der Waals surface area contributed by atoms with Gasteiger partial charge in [-0.05, 0) is 29.8 Å². The lowest BCUT2D eigenvalue weighted by atomic mass is 10.1. The third-order valence-electron chi connectivity index (χ3n) is 3.07. The molecule has 1 aromatic heterocycles. The summed E-state index contributed by atoms with van der Waals surface area (Å²) in [5.74, 6) is 0.534. The van der Waals surface area contributed by atoms with E-state index in [1.54, 1.807) is 6.07 Å². The van der Waals surface area contributed by atoms with Gasteiger partial charge in [0.15, 0.2) is 5.82 Å². The molecule has 0 aliphatic rings. The lowest BCUT2D eigenvalue weighted by molar-refractivity contribution is 0.716. The second-order valence-corrected chi connectivity index (χ2v) is 4.37. The molecule has 0 saturated carbocycles. The summed E-state index contributed by atoms with van der Waals surface area (Å²) in [4.78, 5) is 0. The van der Waals surface area contributed by atoms with Crippen molar-refractivity contribution in [1.29, 1.82) is 5.26 Å². The fourth-order valence-electron chi connectivity index (χ4n) is 2.19. The summed E-state index contributed by atoms with van der Waals surface area (Å²) in [6.45, 7) is 0.604. The minimum Gasteiger partial charge on any atom is -0.382 e.